The lowest BCUT2D eigenvalue weighted by molar-refractivity contribution is 0.691. The van der Waals surface area contributed by atoms with E-state index in [1.54, 1.807) is 0 Å². The maximum atomic E-state index is 5.64. The van der Waals surface area contributed by atoms with Crippen molar-refractivity contribution in [2.45, 2.75) is 19.3 Å². The van der Waals surface area contributed by atoms with Gasteiger partial charge in [0.2, 0.25) is 0 Å². The highest BCUT2D eigenvalue weighted by Crippen LogP contribution is 2.25. The van der Waals surface area contributed by atoms with Gasteiger partial charge in [-0.15, -0.1) is 0 Å². The fourth-order valence-electron chi connectivity index (χ4n) is 2.48. The summed E-state index contributed by atoms with van der Waals surface area (Å²) in [5.41, 5.74) is 10.2. The quantitative estimate of drug-likeness (QED) is 0.756. The molecular weight excluding hydrogens is 246 g/mol. The molecule has 0 saturated carbocycles. The van der Waals surface area contributed by atoms with E-state index in [0.717, 1.165) is 35.4 Å². The van der Waals surface area contributed by atoms with E-state index >= 15 is 0 Å². The van der Waals surface area contributed by atoms with Gasteiger partial charge in [-0.1, -0.05) is 43.3 Å². The fourth-order valence-corrected chi connectivity index (χ4v) is 2.48. The number of rotatable bonds is 4. The van der Waals surface area contributed by atoms with E-state index in [9.17, 15) is 0 Å². The zero-order chi connectivity index (χ0) is 13.9. The second kappa shape index (κ2) is 5.47. The second-order valence-corrected chi connectivity index (χ2v) is 5.21. The SMILES string of the molecule is CC(CCN)c1ccc2nc(-c3ccccc3)[nH]c2c1. The first kappa shape index (κ1) is 12.9. The molecule has 3 N–H and O–H groups in total. The zero-order valence-electron chi connectivity index (χ0n) is 11.6. The number of benzene rings is 2. The molecule has 3 heteroatoms. The minimum Gasteiger partial charge on any atom is -0.338 e. The minimum absolute atomic E-state index is 0.480. The first-order chi connectivity index (χ1) is 9.78. The Kier molecular flexibility index (Phi) is 3.52. The molecule has 20 heavy (non-hydrogen) atoms. The van der Waals surface area contributed by atoms with E-state index in [1.165, 1.54) is 5.56 Å². The molecule has 1 unspecified atom stereocenters. The molecule has 0 fully saturated rings. The molecule has 0 aliphatic carbocycles. The Hall–Kier alpha value is -2.13. The van der Waals surface area contributed by atoms with Crippen molar-refractivity contribution in [1.29, 1.82) is 0 Å². The highest BCUT2D eigenvalue weighted by molar-refractivity contribution is 5.80. The molecular formula is C17H19N3. The summed E-state index contributed by atoms with van der Waals surface area (Å²) in [5.74, 6) is 1.40. The van der Waals surface area contributed by atoms with Gasteiger partial charge in [-0.25, -0.2) is 4.98 Å². The highest BCUT2D eigenvalue weighted by Gasteiger charge is 2.09. The lowest BCUT2D eigenvalue weighted by Gasteiger charge is -2.09. The van der Waals surface area contributed by atoms with Crippen molar-refractivity contribution in [3.05, 3.63) is 54.1 Å². The topological polar surface area (TPSA) is 54.7 Å². The molecule has 2 aromatic carbocycles. The van der Waals surface area contributed by atoms with Crippen molar-refractivity contribution >= 4 is 11.0 Å². The average Bonchev–Trinajstić information content (AvgIpc) is 2.91. The zero-order valence-corrected chi connectivity index (χ0v) is 11.6. The van der Waals surface area contributed by atoms with Crippen LogP contribution in [0.25, 0.3) is 22.4 Å². The number of nitrogens with two attached hydrogens (primary N) is 1. The van der Waals surface area contributed by atoms with Gasteiger partial charge in [0.05, 0.1) is 11.0 Å². The van der Waals surface area contributed by atoms with Crippen LogP contribution in [0.1, 0.15) is 24.8 Å². The van der Waals surface area contributed by atoms with E-state index in [-0.39, 0.29) is 0 Å². The summed E-state index contributed by atoms with van der Waals surface area (Å²) in [7, 11) is 0. The molecule has 0 spiro atoms. The van der Waals surface area contributed by atoms with E-state index in [0.29, 0.717) is 5.92 Å². The van der Waals surface area contributed by atoms with E-state index in [2.05, 4.69) is 47.2 Å². The van der Waals surface area contributed by atoms with Gasteiger partial charge >= 0.3 is 0 Å². The Morgan fingerprint density at radius 2 is 1.95 bits per heavy atom. The van der Waals surface area contributed by atoms with Gasteiger partial charge < -0.3 is 10.7 Å². The third kappa shape index (κ3) is 2.45. The largest absolute Gasteiger partial charge is 0.338 e. The molecule has 0 radical (unpaired) electrons. The summed E-state index contributed by atoms with van der Waals surface area (Å²) in [6.45, 7) is 2.93. The Morgan fingerprint density at radius 1 is 1.15 bits per heavy atom. The van der Waals surface area contributed by atoms with Crippen molar-refractivity contribution < 1.29 is 0 Å². The highest BCUT2D eigenvalue weighted by atomic mass is 14.9. The first-order valence-electron chi connectivity index (χ1n) is 7.03. The minimum atomic E-state index is 0.480. The summed E-state index contributed by atoms with van der Waals surface area (Å²) in [5, 5.41) is 0. The molecule has 0 saturated heterocycles. The monoisotopic (exact) mass is 265 g/mol. The molecule has 0 aliphatic heterocycles. The molecule has 0 aliphatic rings. The van der Waals surface area contributed by atoms with Gasteiger partial charge in [-0.2, -0.15) is 0 Å². The normalized spacial score (nSPS) is 12.7. The van der Waals surface area contributed by atoms with Gasteiger partial charge in [0.25, 0.3) is 0 Å². The second-order valence-electron chi connectivity index (χ2n) is 5.21. The van der Waals surface area contributed by atoms with Gasteiger partial charge in [-0.05, 0) is 36.6 Å². The number of nitrogens with zero attached hydrogens (tertiary/aromatic N) is 1. The maximum absolute atomic E-state index is 5.64. The molecule has 1 aromatic heterocycles. The molecule has 0 amide bonds. The van der Waals surface area contributed by atoms with Crippen molar-refractivity contribution in [2.75, 3.05) is 6.54 Å². The number of aromatic nitrogens is 2. The third-order valence-electron chi connectivity index (χ3n) is 3.72. The van der Waals surface area contributed by atoms with E-state index in [1.807, 2.05) is 18.2 Å². The van der Waals surface area contributed by atoms with Crippen LogP contribution < -0.4 is 5.73 Å². The third-order valence-corrected chi connectivity index (χ3v) is 3.72. The van der Waals surface area contributed by atoms with Gasteiger partial charge in [0.15, 0.2) is 0 Å². The molecule has 1 atom stereocenters. The Labute approximate surface area is 118 Å². The first-order valence-corrected chi connectivity index (χ1v) is 7.03. The number of hydrogen-bond donors (Lipinski definition) is 2. The summed E-state index contributed by atoms with van der Waals surface area (Å²) in [6.07, 6.45) is 1.01. The number of imidazole rings is 1. The van der Waals surface area contributed by atoms with Crippen LogP contribution in [0.15, 0.2) is 48.5 Å². The van der Waals surface area contributed by atoms with Crippen LogP contribution >= 0.6 is 0 Å². The Balaban J connectivity index is 1.99. The van der Waals surface area contributed by atoms with Gasteiger partial charge in [0.1, 0.15) is 5.82 Å². The van der Waals surface area contributed by atoms with Crippen LogP contribution in [0.5, 0.6) is 0 Å². The maximum Gasteiger partial charge on any atom is 0.138 e. The Bertz CT molecular complexity index is 701. The number of nitrogens with one attached hydrogen (secondary N) is 1. The van der Waals surface area contributed by atoms with Crippen LogP contribution in [0, 0.1) is 0 Å². The molecule has 3 rings (SSSR count). The summed E-state index contributed by atoms with van der Waals surface area (Å²) >= 11 is 0. The average molecular weight is 265 g/mol. The van der Waals surface area contributed by atoms with Crippen LogP contribution in [0.2, 0.25) is 0 Å². The fraction of sp³-hybridized carbons (Fsp3) is 0.235. The summed E-state index contributed by atoms with van der Waals surface area (Å²) in [6, 6.07) is 16.6. The van der Waals surface area contributed by atoms with Crippen molar-refractivity contribution in [1.82, 2.24) is 9.97 Å². The lowest BCUT2D eigenvalue weighted by atomic mass is 9.97. The van der Waals surface area contributed by atoms with Crippen molar-refractivity contribution in [3.8, 4) is 11.4 Å². The van der Waals surface area contributed by atoms with Gasteiger partial charge in [-0.3, -0.25) is 0 Å². The van der Waals surface area contributed by atoms with Crippen molar-refractivity contribution in [2.24, 2.45) is 5.73 Å². The number of aromatic amines is 1. The smallest absolute Gasteiger partial charge is 0.138 e. The number of H-pyrrole nitrogens is 1. The molecule has 1 heterocycles. The van der Waals surface area contributed by atoms with E-state index in [4.69, 9.17) is 5.73 Å². The number of fused-ring (bicyclic) bond motifs is 1. The van der Waals surface area contributed by atoms with Crippen molar-refractivity contribution in [3.63, 3.8) is 0 Å². The summed E-state index contributed by atoms with van der Waals surface area (Å²) < 4.78 is 0. The standard InChI is InChI=1S/C17H19N3/c1-12(9-10-18)14-7-8-15-16(11-14)20-17(19-15)13-5-3-2-4-6-13/h2-8,11-12H,9-10,18H2,1H3,(H,19,20). The van der Waals surface area contributed by atoms with E-state index < -0.39 is 0 Å². The number of hydrogen-bond acceptors (Lipinski definition) is 2. The molecule has 3 aromatic rings. The lowest BCUT2D eigenvalue weighted by Crippen LogP contribution is -2.04. The molecule has 0 bridgehead atoms. The predicted molar refractivity (Wildman–Crippen MR) is 83.6 cm³/mol. The Morgan fingerprint density at radius 3 is 2.70 bits per heavy atom. The van der Waals surface area contributed by atoms with Gasteiger partial charge in [0, 0.05) is 5.56 Å². The molecule has 102 valence electrons. The van der Waals surface area contributed by atoms with Crippen LogP contribution in [0.4, 0.5) is 0 Å². The summed E-state index contributed by atoms with van der Waals surface area (Å²) in [4.78, 5) is 8.06. The molecule has 3 nitrogen and oxygen atoms in total. The van der Waals surface area contributed by atoms with Crippen LogP contribution in [-0.4, -0.2) is 16.5 Å². The van der Waals surface area contributed by atoms with Crippen LogP contribution in [-0.2, 0) is 0 Å². The van der Waals surface area contributed by atoms with Crippen LogP contribution in [0.3, 0.4) is 0 Å². The predicted octanol–water partition coefficient (Wildman–Crippen LogP) is 3.68.